The minimum absolute atomic E-state index is 0.00479. The Morgan fingerprint density at radius 2 is 1.80 bits per heavy atom. The number of benzene rings is 2. The second kappa shape index (κ2) is 5.05. The number of para-hydroxylation sites is 1. The molecule has 0 spiro atoms. The molecule has 0 atom stereocenters. The summed E-state index contributed by atoms with van der Waals surface area (Å²) in [7, 11) is 0. The minimum Gasteiger partial charge on any atom is -0.396 e. The first-order valence-corrected chi connectivity index (χ1v) is 6.59. The summed E-state index contributed by atoms with van der Waals surface area (Å²) >= 11 is 3.42. The molecular formula is C14H9BrFN3O. The maximum Gasteiger partial charge on any atom is 0.260 e. The highest BCUT2D eigenvalue weighted by Gasteiger charge is 2.16. The Bertz CT molecular complexity index is 773. The minimum atomic E-state index is -0.511. The van der Waals surface area contributed by atoms with Crippen LogP contribution in [0.2, 0.25) is 0 Å². The molecule has 20 heavy (non-hydrogen) atoms. The van der Waals surface area contributed by atoms with Gasteiger partial charge in [0.15, 0.2) is 0 Å². The highest BCUT2D eigenvalue weighted by atomic mass is 79.9. The number of nitrogens with zero attached hydrogens (tertiary/aromatic N) is 2. The van der Waals surface area contributed by atoms with Crippen molar-refractivity contribution in [3.8, 4) is 22.8 Å². The van der Waals surface area contributed by atoms with Gasteiger partial charge in [0.05, 0.1) is 11.3 Å². The van der Waals surface area contributed by atoms with Crippen molar-refractivity contribution in [1.29, 1.82) is 0 Å². The van der Waals surface area contributed by atoms with Gasteiger partial charge in [-0.1, -0.05) is 39.3 Å². The lowest BCUT2D eigenvalue weighted by atomic mass is 10.1. The Kier molecular flexibility index (Phi) is 3.23. The van der Waals surface area contributed by atoms with E-state index in [1.54, 1.807) is 12.1 Å². The van der Waals surface area contributed by atoms with E-state index < -0.39 is 5.82 Å². The van der Waals surface area contributed by atoms with E-state index in [2.05, 4.69) is 26.1 Å². The third kappa shape index (κ3) is 2.18. The Hall–Kier alpha value is -2.21. The predicted octanol–water partition coefficient (Wildman–Crippen LogP) is 3.89. The van der Waals surface area contributed by atoms with Crippen LogP contribution in [0.3, 0.4) is 0 Å². The van der Waals surface area contributed by atoms with E-state index in [4.69, 9.17) is 10.3 Å². The molecular weight excluding hydrogens is 325 g/mol. The van der Waals surface area contributed by atoms with Crippen LogP contribution in [0.1, 0.15) is 0 Å². The molecule has 100 valence electrons. The van der Waals surface area contributed by atoms with E-state index in [9.17, 15) is 4.39 Å². The number of nitrogen functional groups attached to an aromatic ring is 1. The first-order chi connectivity index (χ1) is 9.66. The van der Waals surface area contributed by atoms with Crippen LogP contribution >= 0.6 is 15.9 Å². The predicted molar refractivity (Wildman–Crippen MR) is 77.2 cm³/mol. The van der Waals surface area contributed by atoms with Crippen LogP contribution < -0.4 is 5.73 Å². The number of rotatable bonds is 2. The van der Waals surface area contributed by atoms with Gasteiger partial charge in [-0.05, 0) is 24.3 Å². The van der Waals surface area contributed by atoms with E-state index in [1.807, 2.05) is 24.3 Å². The van der Waals surface area contributed by atoms with Crippen LogP contribution in [0.15, 0.2) is 51.5 Å². The van der Waals surface area contributed by atoms with Crippen molar-refractivity contribution < 1.29 is 8.91 Å². The van der Waals surface area contributed by atoms with Crippen LogP contribution in [-0.2, 0) is 0 Å². The highest BCUT2D eigenvalue weighted by molar-refractivity contribution is 9.10. The summed E-state index contributed by atoms with van der Waals surface area (Å²) in [6.45, 7) is 0. The smallest absolute Gasteiger partial charge is 0.260 e. The van der Waals surface area contributed by atoms with Gasteiger partial charge in [-0.2, -0.15) is 4.98 Å². The first-order valence-electron chi connectivity index (χ1n) is 5.80. The van der Waals surface area contributed by atoms with E-state index in [1.165, 1.54) is 6.07 Å². The van der Waals surface area contributed by atoms with Gasteiger partial charge in [0, 0.05) is 10.0 Å². The van der Waals surface area contributed by atoms with Gasteiger partial charge in [-0.25, -0.2) is 4.39 Å². The van der Waals surface area contributed by atoms with Gasteiger partial charge in [-0.3, -0.25) is 0 Å². The number of hydrogen-bond acceptors (Lipinski definition) is 4. The summed E-state index contributed by atoms with van der Waals surface area (Å²) in [6, 6.07) is 11.9. The van der Waals surface area contributed by atoms with E-state index in [-0.39, 0.29) is 11.6 Å². The van der Waals surface area contributed by atoms with Crippen LogP contribution in [-0.4, -0.2) is 10.1 Å². The van der Waals surface area contributed by atoms with Crippen LogP contribution in [0, 0.1) is 5.82 Å². The van der Waals surface area contributed by atoms with E-state index in [0.717, 1.165) is 10.0 Å². The molecule has 2 aromatic carbocycles. The monoisotopic (exact) mass is 333 g/mol. The molecule has 0 aliphatic heterocycles. The van der Waals surface area contributed by atoms with Crippen LogP contribution in [0.4, 0.5) is 10.1 Å². The molecule has 0 amide bonds. The zero-order chi connectivity index (χ0) is 14.1. The fourth-order valence-electron chi connectivity index (χ4n) is 1.81. The molecule has 0 aliphatic rings. The molecule has 0 radical (unpaired) electrons. The average molecular weight is 334 g/mol. The van der Waals surface area contributed by atoms with E-state index in [0.29, 0.717) is 11.4 Å². The number of nitrogens with two attached hydrogens (primary N) is 1. The van der Waals surface area contributed by atoms with Crippen molar-refractivity contribution in [2.45, 2.75) is 0 Å². The molecule has 2 N–H and O–H groups in total. The van der Waals surface area contributed by atoms with Crippen molar-refractivity contribution in [3.05, 3.63) is 52.8 Å². The van der Waals surface area contributed by atoms with Gasteiger partial charge < -0.3 is 10.3 Å². The van der Waals surface area contributed by atoms with Gasteiger partial charge in [0.1, 0.15) is 5.82 Å². The summed E-state index contributed by atoms with van der Waals surface area (Å²) in [6.07, 6.45) is 0. The lowest BCUT2D eigenvalue weighted by Crippen LogP contribution is -1.94. The second-order valence-corrected chi connectivity index (χ2v) is 4.96. The maximum absolute atomic E-state index is 13.4. The summed E-state index contributed by atoms with van der Waals surface area (Å²) < 4.78 is 19.5. The van der Waals surface area contributed by atoms with E-state index >= 15 is 0 Å². The van der Waals surface area contributed by atoms with Crippen LogP contribution in [0.25, 0.3) is 22.8 Å². The van der Waals surface area contributed by atoms with Crippen molar-refractivity contribution in [3.63, 3.8) is 0 Å². The van der Waals surface area contributed by atoms with Crippen molar-refractivity contribution in [1.82, 2.24) is 10.1 Å². The van der Waals surface area contributed by atoms with Crippen LogP contribution in [0.5, 0.6) is 0 Å². The summed E-state index contributed by atoms with van der Waals surface area (Å²) in [5, 5.41) is 3.90. The third-order valence-electron chi connectivity index (χ3n) is 2.82. The summed E-state index contributed by atoms with van der Waals surface area (Å²) in [4.78, 5) is 4.26. The molecule has 0 fully saturated rings. The molecule has 6 heteroatoms. The molecule has 1 heterocycles. The molecule has 0 saturated carbocycles. The SMILES string of the molecule is Nc1c(F)cccc1-c1nc(-c2ccccc2Br)no1. The fraction of sp³-hybridized carbons (Fsp3) is 0. The van der Waals surface area contributed by atoms with Crippen molar-refractivity contribution in [2.75, 3.05) is 5.73 Å². The average Bonchev–Trinajstić information content (AvgIpc) is 2.92. The zero-order valence-corrected chi connectivity index (χ0v) is 11.8. The van der Waals surface area contributed by atoms with Gasteiger partial charge >= 0.3 is 0 Å². The molecule has 0 aliphatic carbocycles. The highest BCUT2D eigenvalue weighted by Crippen LogP contribution is 2.30. The fourth-order valence-corrected chi connectivity index (χ4v) is 2.27. The summed E-state index contributed by atoms with van der Waals surface area (Å²) in [5.74, 6) is 0.0898. The van der Waals surface area contributed by atoms with Crippen molar-refractivity contribution in [2.24, 2.45) is 0 Å². The first kappa shape index (κ1) is 12.8. The van der Waals surface area contributed by atoms with Crippen molar-refractivity contribution >= 4 is 21.6 Å². The molecule has 3 aromatic rings. The largest absolute Gasteiger partial charge is 0.396 e. The molecule has 4 nitrogen and oxygen atoms in total. The quantitative estimate of drug-likeness (QED) is 0.722. The lowest BCUT2D eigenvalue weighted by Gasteiger charge is -2.00. The standard InChI is InChI=1S/C14H9BrFN3O/c15-10-6-2-1-4-8(10)13-18-14(20-19-13)9-5-3-7-11(16)12(9)17/h1-7H,17H2. The molecule has 1 aromatic heterocycles. The number of halogens is 2. The van der Waals surface area contributed by atoms with Gasteiger partial charge in [0.25, 0.3) is 5.89 Å². The zero-order valence-electron chi connectivity index (χ0n) is 10.2. The molecule has 0 saturated heterocycles. The third-order valence-corrected chi connectivity index (χ3v) is 3.52. The normalized spacial score (nSPS) is 10.7. The molecule has 0 bridgehead atoms. The topological polar surface area (TPSA) is 64.9 Å². The summed E-state index contributed by atoms with van der Waals surface area (Å²) in [5.41, 5.74) is 6.85. The number of aromatic nitrogens is 2. The Morgan fingerprint density at radius 3 is 2.60 bits per heavy atom. The lowest BCUT2D eigenvalue weighted by molar-refractivity contribution is 0.432. The second-order valence-electron chi connectivity index (χ2n) is 4.10. The molecule has 3 rings (SSSR count). The Morgan fingerprint density at radius 1 is 1.05 bits per heavy atom. The maximum atomic E-state index is 13.4. The number of hydrogen-bond donors (Lipinski definition) is 1. The number of anilines is 1. The molecule has 0 unspecified atom stereocenters. The Labute approximate surface area is 122 Å². The van der Waals surface area contributed by atoms with Gasteiger partial charge in [0.2, 0.25) is 5.82 Å². The Balaban J connectivity index is 2.07. The van der Waals surface area contributed by atoms with Gasteiger partial charge in [-0.15, -0.1) is 0 Å².